The maximum atomic E-state index is 13.9. The van der Waals surface area contributed by atoms with Crippen LogP contribution in [0, 0.1) is 5.92 Å². The Hall–Kier alpha value is -5.12. The van der Waals surface area contributed by atoms with Crippen molar-refractivity contribution in [2.24, 2.45) is 5.92 Å². The summed E-state index contributed by atoms with van der Waals surface area (Å²) in [5.41, 5.74) is 2.28. The minimum Gasteiger partial charge on any atom is -0.508 e. The topological polar surface area (TPSA) is 134 Å². The molecule has 1 heterocycles. The minimum absolute atomic E-state index is 0.0800. The highest BCUT2D eigenvalue weighted by Crippen LogP contribution is 2.18. The van der Waals surface area contributed by atoms with Crippen LogP contribution in [0.4, 0.5) is 10.5 Å². The molecule has 0 saturated heterocycles. The number of carbonyl (C=O) groups is 3. The summed E-state index contributed by atoms with van der Waals surface area (Å²) in [6.45, 7) is 4.50. The van der Waals surface area contributed by atoms with Crippen LogP contribution in [0.1, 0.15) is 47.8 Å². The van der Waals surface area contributed by atoms with Crippen molar-refractivity contribution in [2.45, 2.75) is 45.8 Å². The average molecular weight is 599 g/mol. The maximum absolute atomic E-state index is 13.9. The first-order chi connectivity index (χ1) is 21.3. The second-order valence-electron chi connectivity index (χ2n) is 10.8. The van der Waals surface area contributed by atoms with Gasteiger partial charge in [0, 0.05) is 25.2 Å². The van der Waals surface area contributed by atoms with E-state index in [0.29, 0.717) is 30.0 Å². The number of anilines is 1. The van der Waals surface area contributed by atoms with Crippen LogP contribution in [0.25, 0.3) is 0 Å². The van der Waals surface area contributed by atoms with Crippen LogP contribution in [0.2, 0.25) is 0 Å². The van der Waals surface area contributed by atoms with Crippen molar-refractivity contribution in [2.75, 3.05) is 18.4 Å². The van der Waals surface area contributed by atoms with Crippen molar-refractivity contribution in [3.63, 3.8) is 0 Å². The number of alkyl carbamates (subject to hydrolysis) is 1. The molecule has 0 radical (unpaired) electrons. The molecule has 1 unspecified atom stereocenters. The number of hydrogen-bond donors (Lipinski definition) is 3. The second-order valence-corrected chi connectivity index (χ2v) is 10.8. The number of phenolic OH excluding ortho intramolecular Hbond substituents is 1. The predicted molar refractivity (Wildman–Crippen MR) is 166 cm³/mol. The van der Waals surface area contributed by atoms with Crippen LogP contribution in [-0.4, -0.2) is 52.0 Å². The van der Waals surface area contributed by atoms with Gasteiger partial charge in [0.25, 0.3) is 5.91 Å². The summed E-state index contributed by atoms with van der Waals surface area (Å²) in [7, 11) is 0. The van der Waals surface area contributed by atoms with E-state index in [4.69, 9.17) is 9.15 Å². The lowest BCUT2D eigenvalue weighted by Crippen LogP contribution is -2.50. The molecular formula is C34H38N4O6. The number of amides is 3. The normalized spacial score (nSPS) is 11.5. The van der Waals surface area contributed by atoms with Crippen LogP contribution >= 0.6 is 0 Å². The molecule has 3 N–H and O–H groups in total. The Balaban J connectivity index is 1.44. The summed E-state index contributed by atoms with van der Waals surface area (Å²) in [5.74, 6) is -0.161. The third-order valence-corrected chi connectivity index (χ3v) is 6.88. The van der Waals surface area contributed by atoms with E-state index in [1.807, 2.05) is 68.4 Å². The van der Waals surface area contributed by atoms with Gasteiger partial charge in [-0.2, -0.15) is 0 Å². The number of phenols is 1. The molecule has 0 aliphatic carbocycles. The molecule has 0 aliphatic rings. The molecule has 3 amide bonds. The van der Waals surface area contributed by atoms with Gasteiger partial charge in [-0.3, -0.25) is 9.59 Å². The number of aromatic hydroxyl groups is 1. The van der Waals surface area contributed by atoms with Crippen molar-refractivity contribution in [1.29, 1.82) is 0 Å². The summed E-state index contributed by atoms with van der Waals surface area (Å²) >= 11 is 0. The number of rotatable bonds is 14. The van der Waals surface area contributed by atoms with Gasteiger partial charge in [-0.15, -0.1) is 0 Å². The average Bonchev–Trinajstić information content (AvgIpc) is 3.50. The third kappa shape index (κ3) is 9.72. The number of nitrogens with one attached hydrogen (secondary N) is 2. The highest BCUT2D eigenvalue weighted by molar-refractivity contribution is 6.02. The molecule has 4 rings (SSSR count). The monoisotopic (exact) mass is 598 g/mol. The summed E-state index contributed by atoms with van der Waals surface area (Å²) in [6, 6.07) is 24.4. The van der Waals surface area contributed by atoms with Crippen LogP contribution in [0.3, 0.4) is 0 Å². The molecule has 44 heavy (non-hydrogen) atoms. The van der Waals surface area contributed by atoms with Crippen molar-refractivity contribution < 1.29 is 28.6 Å². The quantitative estimate of drug-likeness (QED) is 0.172. The number of carbonyl (C=O) groups excluding carboxylic acids is 3. The Morgan fingerprint density at radius 3 is 2.27 bits per heavy atom. The van der Waals surface area contributed by atoms with Gasteiger partial charge in [0.05, 0.1) is 0 Å². The van der Waals surface area contributed by atoms with Crippen LogP contribution in [0.15, 0.2) is 95.6 Å². The SMILES string of the molecule is CC(C)CC(NC(=O)OCc1ccccc1)C(=O)N(CCc1nc(C(=O)Nc2ccccc2)co1)CCc1ccccc1O. The molecule has 0 bridgehead atoms. The molecule has 1 aromatic heterocycles. The smallest absolute Gasteiger partial charge is 0.408 e. The maximum Gasteiger partial charge on any atom is 0.408 e. The van der Waals surface area contributed by atoms with Gasteiger partial charge in [0.1, 0.15) is 24.7 Å². The zero-order chi connectivity index (χ0) is 31.3. The van der Waals surface area contributed by atoms with Gasteiger partial charge in [-0.05, 0) is 48.1 Å². The summed E-state index contributed by atoms with van der Waals surface area (Å²) < 4.78 is 11.0. The van der Waals surface area contributed by atoms with Crippen molar-refractivity contribution >= 4 is 23.6 Å². The first-order valence-corrected chi connectivity index (χ1v) is 14.6. The lowest BCUT2D eigenvalue weighted by Gasteiger charge is -2.28. The van der Waals surface area contributed by atoms with Gasteiger partial charge < -0.3 is 29.8 Å². The third-order valence-electron chi connectivity index (χ3n) is 6.88. The highest BCUT2D eigenvalue weighted by atomic mass is 16.5. The van der Waals surface area contributed by atoms with Gasteiger partial charge >= 0.3 is 6.09 Å². The predicted octanol–water partition coefficient (Wildman–Crippen LogP) is 5.59. The van der Waals surface area contributed by atoms with E-state index in [1.165, 1.54) is 6.26 Å². The van der Waals surface area contributed by atoms with E-state index in [-0.39, 0.29) is 49.4 Å². The van der Waals surface area contributed by atoms with Gasteiger partial charge in [-0.25, -0.2) is 9.78 Å². The van der Waals surface area contributed by atoms with E-state index in [1.54, 1.807) is 35.2 Å². The number of benzene rings is 3. The van der Waals surface area contributed by atoms with Gasteiger partial charge in [0.15, 0.2) is 11.6 Å². The minimum atomic E-state index is -0.834. The van der Waals surface area contributed by atoms with E-state index >= 15 is 0 Å². The Bertz CT molecular complexity index is 1510. The van der Waals surface area contributed by atoms with E-state index in [9.17, 15) is 19.5 Å². The molecule has 0 spiro atoms. The first kappa shape index (κ1) is 31.8. The number of aromatic nitrogens is 1. The molecule has 10 heteroatoms. The molecule has 3 aromatic carbocycles. The molecule has 0 aliphatic heterocycles. The highest BCUT2D eigenvalue weighted by Gasteiger charge is 2.28. The molecule has 230 valence electrons. The summed E-state index contributed by atoms with van der Waals surface area (Å²) in [6.07, 6.45) is 1.62. The van der Waals surface area contributed by atoms with E-state index in [0.717, 1.165) is 5.56 Å². The Morgan fingerprint density at radius 2 is 1.57 bits per heavy atom. The van der Waals surface area contributed by atoms with E-state index in [2.05, 4.69) is 15.6 Å². The van der Waals surface area contributed by atoms with Crippen molar-refractivity contribution in [3.05, 3.63) is 114 Å². The fourth-order valence-corrected chi connectivity index (χ4v) is 4.61. The zero-order valence-electron chi connectivity index (χ0n) is 24.9. The number of ether oxygens (including phenoxy) is 1. The number of hydrogen-bond acceptors (Lipinski definition) is 7. The number of nitrogens with zero attached hydrogens (tertiary/aromatic N) is 2. The lowest BCUT2D eigenvalue weighted by molar-refractivity contribution is -0.133. The first-order valence-electron chi connectivity index (χ1n) is 14.6. The zero-order valence-corrected chi connectivity index (χ0v) is 24.9. The van der Waals surface area contributed by atoms with Crippen LogP contribution in [0.5, 0.6) is 5.75 Å². The van der Waals surface area contributed by atoms with Crippen LogP contribution < -0.4 is 10.6 Å². The lowest BCUT2D eigenvalue weighted by atomic mass is 10.0. The fraction of sp³-hybridized carbons (Fsp3) is 0.294. The summed E-state index contributed by atoms with van der Waals surface area (Å²) in [5, 5.41) is 15.8. The fourth-order valence-electron chi connectivity index (χ4n) is 4.61. The van der Waals surface area contributed by atoms with Crippen molar-refractivity contribution in [1.82, 2.24) is 15.2 Å². The standard InChI is InChI=1S/C34H38N4O6/c1-24(2)21-28(37-34(42)44-22-25-11-5-3-6-12-25)33(41)38(19-17-26-13-9-10-16-30(26)39)20-18-31-36-29(23-43-31)32(40)35-27-14-7-4-8-15-27/h3-16,23-24,28,39H,17-22H2,1-2H3,(H,35,40)(H,37,42). The Kier molecular flexibility index (Phi) is 11.5. The molecule has 1 atom stereocenters. The van der Waals surface area contributed by atoms with E-state index < -0.39 is 18.0 Å². The largest absolute Gasteiger partial charge is 0.508 e. The Labute approximate surface area is 257 Å². The summed E-state index contributed by atoms with van der Waals surface area (Å²) in [4.78, 5) is 45.2. The Morgan fingerprint density at radius 1 is 0.909 bits per heavy atom. The van der Waals surface area contributed by atoms with Gasteiger partial charge in [0.2, 0.25) is 5.91 Å². The molecule has 10 nitrogen and oxygen atoms in total. The number of oxazole rings is 1. The van der Waals surface area contributed by atoms with Crippen molar-refractivity contribution in [3.8, 4) is 5.75 Å². The molecule has 0 saturated carbocycles. The molecule has 0 fully saturated rings. The number of para-hydroxylation sites is 2. The molecular weight excluding hydrogens is 560 g/mol. The van der Waals surface area contributed by atoms with Gasteiger partial charge in [-0.1, -0.05) is 80.6 Å². The van der Waals surface area contributed by atoms with Crippen LogP contribution in [-0.2, 0) is 29.0 Å². The molecule has 4 aromatic rings. The second kappa shape index (κ2) is 15.9.